The maximum Gasteiger partial charge on any atom is 0.232 e. The summed E-state index contributed by atoms with van der Waals surface area (Å²) in [6.45, 7) is 3.60. The van der Waals surface area contributed by atoms with E-state index in [-0.39, 0.29) is 23.7 Å². The highest BCUT2D eigenvalue weighted by Crippen LogP contribution is 2.52. The number of hydrogen-bond donors (Lipinski definition) is 1. The Kier molecular flexibility index (Phi) is 7.48. The van der Waals surface area contributed by atoms with Gasteiger partial charge in [-0.05, 0) is 73.8 Å². The third kappa shape index (κ3) is 4.56. The van der Waals surface area contributed by atoms with Crippen LogP contribution in [0.4, 0.5) is 0 Å². The average Bonchev–Trinajstić information content (AvgIpc) is 3.73. The minimum absolute atomic E-state index is 0. The molecule has 3 aliphatic heterocycles. The topological polar surface area (TPSA) is 46.1 Å². The van der Waals surface area contributed by atoms with Crippen LogP contribution in [0, 0.1) is 11.8 Å². The zero-order valence-electron chi connectivity index (χ0n) is 22.6. The lowest BCUT2D eigenvalue weighted by atomic mass is 9.67. The fourth-order valence-corrected chi connectivity index (χ4v) is 8.55. The summed E-state index contributed by atoms with van der Waals surface area (Å²) in [6, 6.07) is 18.3. The summed E-state index contributed by atoms with van der Waals surface area (Å²) < 4.78 is 6.36. The number of nitrogens with two attached hydrogens (primary N) is 1. The van der Waals surface area contributed by atoms with Gasteiger partial charge in [0.15, 0.2) is 0 Å². The quantitative estimate of drug-likeness (QED) is 0.653. The molecule has 5 aliphatic rings. The molecule has 4 atom stereocenters. The third-order valence-corrected chi connectivity index (χ3v) is 10.7. The van der Waals surface area contributed by atoms with Crippen LogP contribution in [0.5, 0.6) is 5.75 Å². The first-order valence-corrected chi connectivity index (χ1v) is 15.2. The second-order valence-corrected chi connectivity index (χ2v) is 12.7. The van der Waals surface area contributed by atoms with Crippen molar-refractivity contribution in [1.29, 1.82) is 0 Å². The monoisotopic (exact) mass is 534 g/mol. The van der Waals surface area contributed by atoms with Gasteiger partial charge in [-0.3, -0.25) is 4.79 Å². The van der Waals surface area contributed by atoms with Gasteiger partial charge < -0.3 is 27.4 Å². The van der Waals surface area contributed by atoms with Crippen LogP contribution in [-0.4, -0.2) is 43.1 Å². The Morgan fingerprint density at radius 2 is 1.74 bits per heavy atom. The Hall–Kier alpha value is -2.04. The summed E-state index contributed by atoms with van der Waals surface area (Å²) in [5.74, 6) is 3.54. The van der Waals surface area contributed by atoms with Crippen LogP contribution >= 0.6 is 0 Å². The molecule has 2 saturated heterocycles. The van der Waals surface area contributed by atoms with E-state index in [4.69, 9.17) is 4.74 Å². The Morgan fingerprint density at radius 3 is 2.53 bits per heavy atom. The number of benzene rings is 2. The van der Waals surface area contributed by atoms with Crippen molar-refractivity contribution in [2.75, 3.05) is 26.2 Å². The molecule has 3 heterocycles. The van der Waals surface area contributed by atoms with Crippen LogP contribution in [0.25, 0.3) is 0 Å². The molecular formula is C33H43ClN2O2. The number of carbonyl (C=O) groups is 1. The fourth-order valence-electron chi connectivity index (χ4n) is 8.55. The number of para-hydroxylation sites is 1. The SMILES string of the molecule is O=C(C1C[NH2+]C[C@]12CCOc1c(C3CC3)cccc12)N1CC[C@@H](c2ccccc2)C[C@H]1C1CCCCC1.[Cl-]. The van der Waals surface area contributed by atoms with Gasteiger partial charge in [0.2, 0.25) is 5.91 Å². The first kappa shape index (κ1) is 26.2. The summed E-state index contributed by atoms with van der Waals surface area (Å²) in [6.07, 6.45) is 12.4. The number of likely N-dealkylation sites (tertiary alicyclic amines) is 1. The molecule has 2 N–H and O–H groups in total. The van der Waals surface area contributed by atoms with Crippen molar-refractivity contribution in [3.8, 4) is 5.75 Å². The lowest BCUT2D eigenvalue weighted by Crippen LogP contribution is -3.00. The molecule has 0 aromatic heterocycles. The van der Waals surface area contributed by atoms with Crippen LogP contribution in [-0.2, 0) is 10.2 Å². The highest BCUT2D eigenvalue weighted by molar-refractivity contribution is 5.82. The molecule has 7 rings (SSSR count). The van der Waals surface area contributed by atoms with E-state index in [1.54, 1.807) is 0 Å². The molecule has 38 heavy (non-hydrogen) atoms. The number of fused-ring (bicyclic) bond motifs is 2. The number of rotatable bonds is 4. The van der Waals surface area contributed by atoms with Gasteiger partial charge in [0.25, 0.3) is 0 Å². The Labute approximate surface area is 234 Å². The number of piperidine rings is 1. The lowest BCUT2D eigenvalue weighted by molar-refractivity contribution is -0.640. The highest BCUT2D eigenvalue weighted by atomic mass is 35.5. The number of amides is 1. The molecule has 0 bridgehead atoms. The standard InChI is InChI=1S/C33H42N2O2.ClH/c36-32(29-21-34-22-33(29)17-19-37-31-27(24-14-15-24)12-7-13-28(31)33)35-18-16-26(23-8-3-1-4-9-23)20-30(35)25-10-5-2-6-11-25;/h1,3-4,7-9,12-13,24-26,29-30,34H,2,5-6,10-11,14-22H2;1H/t26-,29?,30+,33+;/m1./s1. The zero-order chi connectivity index (χ0) is 24.8. The maximum absolute atomic E-state index is 14.7. The lowest BCUT2D eigenvalue weighted by Gasteiger charge is -2.47. The molecule has 2 aromatic rings. The second kappa shape index (κ2) is 10.8. The van der Waals surface area contributed by atoms with Gasteiger partial charge in [0.05, 0.1) is 25.1 Å². The van der Waals surface area contributed by atoms with Crippen LogP contribution < -0.4 is 22.5 Å². The van der Waals surface area contributed by atoms with Crippen molar-refractivity contribution >= 4 is 5.91 Å². The predicted octanol–water partition coefficient (Wildman–Crippen LogP) is 2.14. The van der Waals surface area contributed by atoms with Gasteiger partial charge in [0, 0.05) is 18.2 Å². The molecule has 2 aromatic carbocycles. The molecule has 204 valence electrons. The smallest absolute Gasteiger partial charge is 0.232 e. The van der Waals surface area contributed by atoms with E-state index in [9.17, 15) is 4.79 Å². The molecule has 5 heteroatoms. The highest BCUT2D eigenvalue weighted by Gasteiger charge is 2.56. The van der Waals surface area contributed by atoms with Crippen LogP contribution in [0.15, 0.2) is 48.5 Å². The van der Waals surface area contributed by atoms with Crippen LogP contribution in [0.3, 0.4) is 0 Å². The van der Waals surface area contributed by atoms with E-state index in [0.29, 0.717) is 29.7 Å². The summed E-state index contributed by atoms with van der Waals surface area (Å²) in [5.41, 5.74) is 4.12. The minimum Gasteiger partial charge on any atom is -1.00 e. The van der Waals surface area contributed by atoms with Gasteiger partial charge in [-0.1, -0.05) is 67.8 Å². The van der Waals surface area contributed by atoms with E-state index in [1.165, 1.54) is 61.6 Å². The number of hydrogen-bond acceptors (Lipinski definition) is 2. The van der Waals surface area contributed by atoms with Crippen LogP contribution in [0.1, 0.15) is 92.7 Å². The van der Waals surface area contributed by atoms with Gasteiger partial charge >= 0.3 is 0 Å². The number of quaternary nitrogens is 1. The number of halogens is 1. The fraction of sp³-hybridized carbons (Fsp3) is 0.606. The first-order valence-electron chi connectivity index (χ1n) is 15.2. The van der Waals surface area contributed by atoms with Crippen molar-refractivity contribution in [2.24, 2.45) is 11.8 Å². The molecular weight excluding hydrogens is 492 g/mol. The van der Waals surface area contributed by atoms with Crippen molar-refractivity contribution in [3.63, 3.8) is 0 Å². The molecule has 0 radical (unpaired) electrons. The second-order valence-electron chi connectivity index (χ2n) is 12.7. The van der Waals surface area contributed by atoms with E-state index in [0.717, 1.165) is 51.3 Å². The van der Waals surface area contributed by atoms with Gasteiger partial charge in [-0.15, -0.1) is 0 Å². The van der Waals surface area contributed by atoms with E-state index in [2.05, 4.69) is 58.7 Å². The maximum atomic E-state index is 14.7. The average molecular weight is 535 g/mol. The molecule has 2 aliphatic carbocycles. The zero-order valence-corrected chi connectivity index (χ0v) is 23.4. The summed E-state index contributed by atoms with van der Waals surface area (Å²) >= 11 is 0. The normalized spacial score (nSPS) is 31.4. The number of nitrogens with zero attached hydrogens (tertiary/aromatic N) is 1. The molecule has 4 nitrogen and oxygen atoms in total. The van der Waals surface area contributed by atoms with Gasteiger partial charge in [-0.25, -0.2) is 0 Å². The Bertz CT molecular complexity index is 1130. The molecule has 2 saturated carbocycles. The first-order chi connectivity index (χ1) is 18.2. The van der Waals surface area contributed by atoms with Gasteiger partial charge in [-0.2, -0.15) is 0 Å². The van der Waals surface area contributed by atoms with Crippen LogP contribution in [0.2, 0.25) is 0 Å². The van der Waals surface area contributed by atoms with E-state index in [1.807, 2.05) is 0 Å². The van der Waals surface area contributed by atoms with E-state index < -0.39 is 0 Å². The number of ether oxygens (including phenoxy) is 1. The van der Waals surface area contributed by atoms with E-state index >= 15 is 0 Å². The summed E-state index contributed by atoms with van der Waals surface area (Å²) in [4.78, 5) is 17.1. The summed E-state index contributed by atoms with van der Waals surface area (Å²) in [7, 11) is 0. The predicted molar refractivity (Wildman–Crippen MR) is 146 cm³/mol. The van der Waals surface area contributed by atoms with Crippen molar-refractivity contribution < 1.29 is 27.3 Å². The van der Waals surface area contributed by atoms with Crippen molar-refractivity contribution in [1.82, 2.24) is 4.90 Å². The molecule has 1 amide bonds. The largest absolute Gasteiger partial charge is 1.00 e. The van der Waals surface area contributed by atoms with Crippen molar-refractivity contribution in [3.05, 3.63) is 65.2 Å². The minimum atomic E-state index is -0.0804. The number of carbonyl (C=O) groups excluding carboxylic acids is 1. The Balaban J connectivity index is 0.00000264. The van der Waals surface area contributed by atoms with Gasteiger partial charge in [0.1, 0.15) is 11.7 Å². The molecule has 1 unspecified atom stereocenters. The molecule has 1 spiro atoms. The Morgan fingerprint density at radius 1 is 0.921 bits per heavy atom. The third-order valence-electron chi connectivity index (χ3n) is 10.7. The molecule has 4 fully saturated rings. The summed E-state index contributed by atoms with van der Waals surface area (Å²) in [5, 5.41) is 2.42. The van der Waals surface area contributed by atoms with Crippen molar-refractivity contribution in [2.45, 2.75) is 87.5 Å².